The molecule has 5 heteroatoms. The molecule has 0 aromatic heterocycles. The predicted molar refractivity (Wildman–Crippen MR) is 73.4 cm³/mol. The molecule has 0 spiro atoms. The summed E-state index contributed by atoms with van der Waals surface area (Å²) in [5.74, 6) is 0.494. The van der Waals surface area contributed by atoms with E-state index in [0.717, 1.165) is 17.9 Å². The number of ether oxygens (including phenoxy) is 2. The highest BCUT2D eigenvalue weighted by atomic mass is 35.5. The zero-order valence-corrected chi connectivity index (χ0v) is 11.7. The van der Waals surface area contributed by atoms with Gasteiger partial charge in [0.1, 0.15) is 5.75 Å². The summed E-state index contributed by atoms with van der Waals surface area (Å²) in [6.07, 6.45) is 2.72. The van der Waals surface area contributed by atoms with Gasteiger partial charge in [-0.2, -0.15) is 0 Å². The fourth-order valence-corrected chi connectivity index (χ4v) is 1.91. The first-order valence-electron chi connectivity index (χ1n) is 6.40. The summed E-state index contributed by atoms with van der Waals surface area (Å²) < 4.78 is 10.2. The summed E-state index contributed by atoms with van der Waals surface area (Å²) >= 11 is 6.00. The number of carbonyl (C=O) groups is 1. The Morgan fingerprint density at radius 1 is 1.47 bits per heavy atom. The lowest BCUT2D eigenvalue weighted by atomic mass is 10.2. The third kappa shape index (κ3) is 4.73. The van der Waals surface area contributed by atoms with E-state index in [-0.39, 0.29) is 12.4 Å². The SMILES string of the molecule is COC(=O)CCOc1ccc(Cl)cc1CNC1CC1. The van der Waals surface area contributed by atoms with Crippen molar-refractivity contribution < 1.29 is 14.3 Å². The number of benzene rings is 1. The predicted octanol–water partition coefficient (Wildman–Crippen LogP) is 2.53. The molecule has 2 rings (SSSR count). The van der Waals surface area contributed by atoms with Crippen LogP contribution in [0, 0.1) is 0 Å². The van der Waals surface area contributed by atoms with E-state index in [9.17, 15) is 4.79 Å². The molecule has 0 unspecified atom stereocenters. The molecule has 0 bridgehead atoms. The van der Waals surface area contributed by atoms with Gasteiger partial charge in [0.25, 0.3) is 0 Å². The lowest BCUT2D eigenvalue weighted by molar-refractivity contribution is -0.141. The van der Waals surface area contributed by atoms with Crippen molar-refractivity contribution in [1.29, 1.82) is 0 Å². The Labute approximate surface area is 118 Å². The molecule has 4 nitrogen and oxygen atoms in total. The second kappa shape index (κ2) is 6.78. The van der Waals surface area contributed by atoms with Crippen molar-refractivity contribution in [2.75, 3.05) is 13.7 Å². The lowest BCUT2D eigenvalue weighted by Crippen LogP contribution is -2.16. The van der Waals surface area contributed by atoms with Gasteiger partial charge >= 0.3 is 5.97 Å². The smallest absolute Gasteiger partial charge is 0.308 e. The molecule has 1 aromatic rings. The summed E-state index contributed by atoms with van der Waals surface area (Å²) in [5.41, 5.74) is 1.02. The molecule has 104 valence electrons. The fourth-order valence-electron chi connectivity index (χ4n) is 1.72. The topological polar surface area (TPSA) is 47.6 Å². The number of nitrogens with one attached hydrogen (secondary N) is 1. The van der Waals surface area contributed by atoms with Crippen LogP contribution >= 0.6 is 11.6 Å². The number of hydrogen-bond acceptors (Lipinski definition) is 4. The Hall–Kier alpha value is -1.26. The second-order valence-electron chi connectivity index (χ2n) is 4.58. The Kier molecular flexibility index (Phi) is 5.05. The van der Waals surface area contributed by atoms with E-state index in [1.54, 1.807) is 6.07 Å². The van der Waals surface area contributed by atoms with Crippen LogP contribution in [-0.4, -0.2) is 25.7 Å². The van der Waals surface area contributed by atoms with Crippen molar-refractivity contribution >= 4 is 17.6 Å². The van der Waals surface area contributed by atoms with Crippen LogP contribution < -0.4 is 10.1 Å². The van der Waals surface area contributed by atoms with Gasteiger partial charge in [0.15, 0.2) is 0 Å². The molecule has 0 saturated heterocycles. The van der Waals surface area contributed by atoms with Crippen LogP contribution in [0.3, 0.4) is 0 Å². The van der Waals surface area contributed by atoms with Gasteiger partial charge in [-0.3, -0.25) is 4.79 Å². The van der Waals surface area contributed by atoms with Gasteiger partial charge in [-0.25, -0.2) is 0 Å². The van der Waals surface area contributed by atoms with Crippen LogP contribution in [0.1, 0.15) is 24.8 Å². The van der Waals surface area contributed by atoms with Crippen molar-refractivity contribution in [1.82, 2.24) is 5.32 Å². The maximum Gasteiger partial charge on any atom is 0.308 e. The van der Waals surface area contributed by atoms with Crippen molar-refractivity contribution in [2.45, 2.75) is 31.8 Å². The number of carbonyl (C=O) groups excluding carboxylic acids is 1. The van der Waals surface area contributed by atoms with E-state index in [1.165, 1.54) is 20.0 Å². The maximum absolute atomic E-state index is 11.0. The van der Waals surface area contributed by atoms with Crippen molar-refractivity contribution in [2.24, 2.45) is 0 Å². The van der Waals surface area contributed by atoms with Crippen molar-refractivity contribution in [3.05, 3.63) is 28.8 Å². The zero-order valence-electron chi connectivity index (χ0n) is 10.9. The Bertz CT molecular complexity index is 446. The fraction of sp³-hybridized carbons (Fsp3) is 0.500. The number of methoxy groups -OCH3 is 1. The number of rotatable bonds is 7. The molecular weight excluding hydrogens is 266 g/mol. The third-order valence-electron chi connectivity index (χ3n) is 2.97. The quantitative estimate of drug-likeness (QED) is 0.781. The molecular formula is C14H18ClNO3. The summed E-state index contributed by atoms with van der Waals surface area (Å²) in [6, 6.07) is 6.14. The van der Waals surface area contributed by atoms with Crippen molar-refractivity contribution in [3.8, 4) is 5.75 Å². The molecule has 0 aliphatic heterocycles. The Balaban J connectivity index is 1.91. The third-order valence-corrected chi connectivity index (χ3v) is 3.21. The standard InChI is InChI=1S/C14H18ClNO3/c1-18-14(17)6-7-19-13-5-2-11(15)8-10(13)9-16-12-3-4-12/h2,5,8,12,16H,3-4,6-7,9H2,1H3. The molecule has 1 aliphatic carbocycles. The first-order valence-corrected chi connectivity index (χ1v) is 6.78. The molecule has 1 N–H and O–H groups in total. The highest BCUT2D eigenvalue weighted by Gasteiger charge is 2.20. The van der Waals surface area contributed by atoms with Gasteiger partial charge in [0.05, 0.1) is 20.1 Å². The number of hydrogen-bond donors (Lipinski definition) is 1. The Morgan fingerprint density at radius 3 is 2.95 bits per heavy atom. The minimum atomic E-state index is -0.272. The van der Waals surface area contributed by atoms with Crippen LogP contribution in [-0.2, 0) is 16.1 Å². The molecule has 1 fully saturated rings. The van der Waals surface area contributed by atoms with E-state index in [0.29, 0.717) is 17.7 Å². The summed E-state index contributed by atoms with van der Waals surface area (Å²) in [4.78, 5) is 11.0. The van der Waals surface area contributed by atoms with E-state index in [4.69, 9.17) is 16.3 Å². The van der Waals surface area contributed by atoms with Gasteiger partial charge < -0.3 is 14.8 Å². The summed E-state index contributed by atoms with van der Waals surface area (Å²) in [7, 11) is 1.37. The van der Waals surface area contributed by atoms with E-state index < -0.39 is 0 Å². The molecule has 0 amide bonds. The van der Waals surface area contributed by atoms with Crippen LogP contribution in [0.25, 0.3) is 0 Å². The van der Waals surface area contributed by atoms with Crippen LogP contribution in [0.15, 0.2) is 18.2 Å². The monoisotopic (exact) mass is 283 g/mol. The molecule has 1 aliphatic rings. The first kappa shape index (κ1) is 14.2. The second-order valence-corrected chi connectivity index (χ2v) is 5.02. The summed E-state index contributed by atoms with van der Waals surface area (Å²) in [6.45, 7) is 1.05. The summed E-state index contributed by atoms with van der Waals surface area (Å²) in [5, 5.41) is 4.11. The maximum atomic E-state index is 11.0. The Morgan fingerprint density at radius 2 is 2.26 bits per heavy atom. The highest BCUT2D eigenvalue weighted by molar-refractivity contribution is 6.30. The van der Waals surface area contributed by atoms with E-state index in [1.807, 2.05) is 12.1 Å². The molecule has 1 aromatic carbocycles. The number of esters is 1. The number of halogens is 1. The largest absolute Gasteiger partial charge is 0.493 e. The van der Waals surface area contributed by atoms with Crippen LogP contribution in [0.5, 0.6) is 5.75 Å². The van der Waals surface area contributed by atoms with Crippen molar-refractivity contribution in [3.63, 3.8) is 0 Å². The molecule has 0 heterocycles. The van der Waals surface area contributed by atoms with E-state index in [2.05, 4.69) is 10.1 Å². The minimum Gasteiger partial charge on any atom is -0.493 e. The molecule has 0 radical (unpaired) electrons. The van der Waals surface area contributed by atoms with Gasteiger partial charge in [-0.1, -0.05) is 11.6 Å². The van der Waals surface area contributed by atoms with Gasteiger partial charge in [0.2, 0.25) is 0 Å². The molecule has 1 saturated carbocycles. The average Bonchev–Trinajstić information content (AvgIpc) is 3.22. The van der Waals surface area contributed by atoms with Gasteiger partial charge in [-0.05, 0) is 31.0 Å². The van der Waals surface area contributed by atoms with Gasteiger partial charge in [-0.15, -0.1) is 0 Å². The minimum absolute atomic E-state index is 0.245. The first-order chi connectivity index (χ1) is 9.19. The van der Waals surface area contributed by atoms with E-state index >= 15 is 0 Å². The zero-order chi connectivity index (χ0) is 13.7. The normalized spacial score (nSPS) is 14.2. The molecule has 19 heavy (non-hydrogen) atoms. The average molecular weight is 284 g/mol. The lowest BCUT2D eigenvalue weighted by Gasteiger charge is -2.12. The molecule has 0 atom stereocenters. The van der Waals surface area contributed by atoms with Gasteiger partial charge in [0, 0.05) is 23.2 Å². The van der Waals surface area contributed by atoms with Crippen LogP contribution in [0.2, 0.25) is 5.02 Å². The highest BCUT2D eigenvalue weighted by Crippen LogP contribution is 2.25. The van der Waals surface area contributed by atoms with Crippen LogP contribution in [0.4, 0.5) is 0 Å².